The maximum Gasteiger partial charge on any atom is 0.343 e. The number of nitrogens with one attached hydrogen (secondary N) is 1. The van der Waals surface area contributed by atoms with Gasteiger partial charge in [0.25, 0.3) is 6.43 Å². The van der Waals surface area contributed by atoms with E-state index in [2.05, 4.69) is 4.74 Å². The lowest BCUT2D eigenvalue weighted by Crippen LogP contribution is -2.21. The van der Waals surface area contributed by atoms with E-state index in [1.165, 1.54) is 6.07 Å². The van der Waals surface area contributed by atoms with Gasteiger partial charge in [-0.3, -0.25) is 4.79 Å². The van der Waals surface area contributed by atoms with Crippen molar-refractivity contribution in [2.75, 3.05) is 7.11 Å². The summed E-state index contributed by atoms with van der Waals surface area (Å²) in [5.41, 5.74) is -3.13. The summed E-state index contributed by atoms with van der Waals surface area (Å²) in [5, 5.41) is 8.57. The van der Waals surface area contributed by atoms with Gasteiger partial charge in [-0.25, -0.2) is 13.6 Å². The van der Waals surface area contributed by atoms with Gasteiger partial charge in [0.1, 0.15) is 22.9 Å². The fraction of sp³-hybridized carbons (Fsp3) is 0.222. The highest BCUT2D eigenvalue weighted by Gasteiger charge is 2.21. The highest BCUT2D eigenvalue weighted by atomic mass is 19.3. The number of H-pyrrole nitrogens is 1. The van der Waals surface area contributed by atoms with Crippen LogP contribution in [0.2, 0.25) is 0 Å². The van der Waals surface area contributed by atoms with E-state index in [4.69, 9.17) is 5.26 Å². The van der Waals surface area contributed by atoms with E-state index in [1.807, 2.05) is 4.98 Å². The van der Waals surface area contributed by atoms with Crippen molar-refractivity contribution in [1.29, 1.82) is 5.26 Å². The lowest BCUT2D eigenvalue weighted by Gasteiger charge is -2.04. The van der Waals surface area contributed by atoms with Crippen LogP contribution >= 0.6 is 0 Å². The zero-order valence-corrected chi connectivity index (χ0v) is 8.08. The number of aromatic nitrogens is 1. The van der Waals surface area contributed by atoms with Crippen LogP contribution in [0.3, 0.4) is 0 Å². The fourth-order valence-electron chi connectivity index (χ4n) is 1.09. The Labute approximate surface area is 88.3 Å². The van der Waals surface area contributed by atoms with E-state index >= 15 is 0 Å². The monoisotopic (exact) mass is 228 g/mol. The maximum absolute atomic E-state index is 12.4. The molecule has 0 saturated carbocycles. The molecular formula is C9H6F2N2O3. The average Bonchev–Trinajstić information content (AvgIpc) is 2.27. The molecule has 0 aliphatic heterocycles. The third-order valence-electron chi connectivity index (χ3n) is 1.85. The number of nitrogens with zero attached hydrogens (tertiary/aromatic N) is 1. The van der Waals surface area contributed by atoms with Gasteiger partial charge in [0, 0.05) is 6.20 Å². The largest absolute Gasteiger partial charge is 0.465 e. The molecule has 0 aromatic carbocycles. The van der Waals surface area contributed by atoms with Gasteiger partial charge < -0.3 is 9.72 Å². The van der Waals surface area contributed by atoms with Crippen molar-refractivity contribution in [3.05, 3.63) is 33.2 Å². The summed E-state index contributed by atoms with van der Waals surface area (Å²) >= 11 is 0. The molecule has 0 atom stereocenters. The Hall–Kier alpha value is -2.23. The van der Waals surface area contributed by atoms with Crippen LogP contribution in [0.25, 0.3) is 0 Å². The molecule has 0 radical (unpaired) electrons. The van der Waals surface area contributed by atoms with Crippen LogP contribution in [0.4, 0.5) is 8.78 Å². The molecule has 1 N–H and O–H groups in total. The number of pyridine rings is 1. The van der Waals surface area contributed by atoms with Gasteiger partial charge in [-0.05, 0) is 0 Å². The third-order valence-corrected chi connectivity index (χ3v) is 1.85. The van der Waals surface area contributed by atoms with E-state index in [1.54, 1.807) is 0 Å². The molecule has 84 valence electrons. The minimum Gasteiger partial charge on any atom is -0.465 e. The van der Waals surface area contributed by atoms with Crippen molar-refractivity contribution in [2.45, 2.75) is 6.43 Å². The Kier molecular flexibility index (Phi) is 3.35. The first-order valence-corrected chi connectivity index (χ1v) is 4.05. The quantitative estimate of drug-likeness (QED) is 0.764. The molecule has 0 amide bonds. The van der Waals surface area contributed by atoms with E-state index < -0.39 is 34.6 Å². The fourth-order valence-corrected chi connectivity index (χ4v) is 1.09. The summed E-state index contributed by atoms with van der Waals surface area (Å²) in [6, 6.07) is 1.33. The van der Waals surface area contributed by atoms with Crippen LogP contribution in [0.1, 0.15) is 28.0 Å². The first kappa shape index (κ1) is 11.8. The van der Waals surface area contributed by atoms with Gasteiger partial charge in [0.15, 0.2) is 0 Å². The van der Waals surface area contributed by atoms with Crippen LogP contribution in [-0.4, -0.2) is 18.1 Å². The van der Waals surface area contributed by atoms with Gasteiger partial charge in [0.2, 0.25) is 5.43 Å². The van der Waals surface area contributed by atoms with Crippen molar-refractivity contribution in [1.82, 2.24) is 4.98 Å². The van der Waals surface area contributed by atoms with Crippen molar-refractivity contribution >= 4 is 5.97 Å². The summed E-state index contributed by atoms with van der Waals surface area (Å²) in [7, 11) is 1.04. The van der Waals surface area contributed by atoms with Gasteiger partial charge in [0.05, 0.1) is 7.11 Å². The predicted octanol–water partition coefficient (Wildman–Crippen LogP) is 0.971. The number of aromatic amines is 1. The van der Waals surface area contributed by atoms with E-state index in [9.17, 15) is 18.4 Å². The van der Waals surface area contributed by atoms with Crippen molar-refractivity contribution in [3.8, 4) is 6.07 Å². The number of carbonyl (C=O) groups excluding carboxylic acids is 1. The predicted molar refractivity (Wildman–Crippen MR) is 48.1 cm³/mol. The van der Waals surface area contributed by atoms with Gasteiger partial charge >= 0.3 is 5.97 Å². The first-order chi connectivity index (χ1) is 7.52. The number of hydrogen-bond acceptors (Lipinski definition) is 4. The maximum atomic E-state index is 12.4. The normalized spacial score (nSPS) is 9.94. The second-order valence-corrected chi connectivity index (χ2v) is 2.72. The number of ether oxygens (including phenoxy) is 1. The number of alkyl halides is 2. The number of rotatable bonds is 2. The van der Waals surface area contributed by atoms with Crippen LogP contribution in [-0.2, 0) is 4.74 Å². The van der Waals surface area contributed by atoms with Crippen LogP contribution < -0.4 is 5.43 Å². The van der Waals surface area contributed by atoms with E-state index in [-0.39, 0.29) is 0 Å². The standard InChI is InChI=1S/C9H6F2N2O3/c1-16-9(15)5-3-13-6(8(10)11)4(2-12)7(5)14/h3,8H,1H3,(H,13,14). The minimum absolute atomic E-state index is 0.483. The van der Waals surface area contributed by atoms with E-state index in [0.29, 0.717) is 0 Å². The molecule has 1 aromatic heterocycles. The van der Waals surface area contributed by atoms with E-state index in [0.717, 1.165) is 13.3 Å². The molecule has 0 bridgehead atoms. The Balaban J connectivity index is 3.49. The Morgan fingerprint density at radius 1 is 1.62 bits per heavy atom. The molecule has 0 saturated heterocycles. The van der Waals surface area contributed by atoms with Gasteiger partial charge in [-0.1, -0.05) is 0 Å². The molecular weight excluding hydrogens is 222 g/mol. The molecule has 0 aliphatic rings. The molecule has 0 fully saturated rings. The highest BCUT2D eigenvalue weighted by Crippen LogP contribution is 2.18. The summed E-state index contributed by atoms with van der Waals surface area (Å²) in [4.78, 5) is 24.5. The van der Waals surface area contributed by atoms with Crippen LogP contribution in [0, 0.1) is 11.3 Å². The zero-order valence-electron chi connectivity index (χ0n) is 8.08. The Morgan fingerprint density at radius 3 is 2.69 bits per heavy atom. The molecule has 5 nitrogen and oxygen atoms in total. The van der Waals surface area contributed by atoms with Crippen LogP contribution in [0.5, 0.6) is 0 Å². The molecule has 0 unspecified atom stereocenters. The molecule has 0 aliphatic carbocycles. The first-order valence-electron chi connectivity index (χ1n) is 4.05. The number of methoxy groups -OCH3 is 1. The molecule has 1 heterocycles. The summed E-state index contributed by atoms with van der Waals surface area (Å²) in [6.45, 7) is 0. The number of esters is 1. The number of halogens is 2. The number of carbonyl (C=O) groups is 1. The summed E-state index contributed by atoms with van der Waals surface area (Å²) in [6.07, 6.45) is -2.19. The Bertz CT molecular complexity index is 516. The summed E-state index contributed by atoms with van der Waals surface area (Å²) in [5.74, 6) is -0.987. The second-order valence-electron chi connectivity index (χ2n) is 2.72. The Morgan fingerprint density at radius 2 is 2.25 bits per heavy atom. The smallest absolute Gasteiger partial charge is 0.343 e. The molecule has 7 heteroatoms. The minimum atomic E-state index is -2.99. The topological polar surface area (TPSA) is 82.9 Å². The average molecular weight is 228 g/mol. The molecule has 1 aromatic rings. The highest BCUT2D eigenvalue weighted by molar-refractivity contribution is 5.89. The molecule has 1 rings (SSSR count). The van der Waals surface area contributed by atoms with Crippen molar-refractivity contribution in [2.24, 2.45) is 0 Å². The lowest BCUT2D eigenvalue weighted by atomic mass is 10.1. The lowest BCUT2D eigenvalue weighted by molar-refractivity contribution is 0.0598. The van der Waals surface area contributed by atoms with Gasteiger partial charge in [-0.15, -0.1) is 0 Å². The number of hydrogen-bond donors (Lipinski definition) is 1. The third kappa shape index (κ3) is 1.91. The van der Waals surface area contributed by atoms with Crippen LogP contribution in [0.15, 0.2) is 11.0 Å². The number of nitriles is 1. The molecule has 0 spiro atoms. The van der Waals surface area contributed by atoms with Gasteiger partial charge in [-0.2, -0.15) is 5.26 Å². The second kappa shape index (κ2) is 4.53. The molecule has 16 heavy (non-hydrogen) atoms. The zero-order chi connectivity index (χ0) is 12.3. The van der Waals surface area contributed by atoms with Crippen molar-refractivity contribution in [3.63, 3.8) is 0 Å². The van der Waals surface area contributed by atoms with Crippen molar-refractivity contribution < 1.29 is 18.3 Å². The summed E-state index contributed by atoms with van der Waals surface area (Å²) < 4.78 is 29.0. The SMILES string of the molecule is COC(=O)c1c[nH]c(C(F)F)c(C#N)c1=O.